The van der Waals surface area contributed by atoms with E-state index in [0.29, 0.717) is 6.54 Å². The molecular formula is C21H29N3O2. The van der Waals surface area contributed by atoms with Gasteiger partial charge in [-0.05, 0) is 43.7 Å². The molecule has 5 heteroatoms. The standard InChI is InChI=1S/C21H29N3O2/c1-17(21(26)24-13-6-3-7-14-24)22-20(25)16-23-12-8-11-19(15-23)18-9-4-2-5-10-18/h2,4-5,9-11,17H,3,6-8,12-16H2,1H3,(H,22,25). The van der Waals surface area contributed by atoms with E-state index in [1.165, 1.54) is 17.6 Å². The van der Waals surface area contributed by atoms with Gasteiger partial charge in [0.05, 0.1) is 6.54 Å². The minimum Gasteiger partial charge on any atom is -0.343 e. The topological polar surface area (TPSA) is 52.7 Å². The smallest absolute Gasteiger partial charge is 0.244 e. The summed E-state index contributed by atoms with van der Waals surface area (Å²) < 4.78 is 0. The molecule has 2 heterocycles. The Balaban J connectivity index is 1.48. The van der Waals surface area contributed by atoms with Crippen molar-refractivity contribution in [2.45, 2.75) is 38.6 Å². The molecule has 3 rings (SSSR count). The highest BCUT2D eigenvalue weighted by atomic mass is 16.2. The number of nitrogens with one attached hydrogen (secondary N) is 1. The van der Waals surface area contributed by atoms with E-state index in [0.717, 1.165) is 45.4 Å². The van der Waals surface area contributed by atoms with Crippen LogP contribution in [0.25, 0.3) is 5.57 Å². The normalized spacial score (nSPS) is 19.6. The summed E-state index contributed by atoms with van der Waals surface area (Å²) in [6.45, 7) is 5.40. The van der Waals surface area contributed by atoms with Gasteiger partial charge >= 0.3 is 0 Å². The quantitative estimate of drug-likeness (QED) is 0.882. The Bertz CT molecular complexity index is 650. The van der Waals surface area contributed by atoms with E-state index in [9.17, 15) is 9.59 Å². The minimum atomic E-state index is -0.450. The van der Waals surface area contributed by atoms with E-state index in [1.807, 2.05) is 23.1 Å². The number of rotatable bonds is 5. The Morgan fingerprint density at radius 1 is 1.08 bits per heavy atom. The van der Waals surface area contributed by atoms with Gasteiger partial charge in [-0.15, -0.1) is 0 Å². The van der Waals surface area contributed by atoms with E-state index in [2.05, 4.69) is 28.4 Å². The van der Waals surface area contributed by atoms with Crippen molar-refractivity contribution in [2.75, 3.05) is 32.7 Å². The molecule has 0 spiro atoms. The van der Waals surface area contributed by atoms with Crippen molar-refractivity contribution < 1.29 is 9.59 Å². The summed E-state index contributed by atoms with van der Waals surface area (Å²) >= 11 is 0. The van der Waals surface area contributed by atoms with Gasteiger partial charge in [-0.2, -0.15) is 0 Å². The SMILES string of the molecule is CC(NC(=O)CN1CCC=C(c2ccccc2)C1)C(=O)N1CCCCC1. The lowest BCUT2D eigenvalue weighted by Crippen LogP contribution is -2.50. The largest absolute Gasteiger partial charge is 0.343 e. The minimum absolute atomic E-state index is 0.0431. The zero-order valence-electron chi connectivity index (χ0n) is 15.6. The fraction of sp³-hybridized carbons (Fsp3) is 0.524. The lowest BCUT2D eigenvalue weighted by atomic mass is 10.0. The summed E-state index contributed by atoms with van der Waals surface area (Å²) in [4.78, 5) is 28.9. The number of benzene rings is 1. The van der Waals surface area contributed by atoms with E-state index in [4.69, 9.17) is 0 Å². The first-order valence-electron chi connectivity index (χ1n) is 9.68. The molecule has 0 aromatic heterocycles. The zero-order valence-corrected chi connectivity index (χ0v) is 15.6. The van der Waals surface area contributed by atoms with Gasteiger partial charge in [0.15, 0.2) is 0 Å². The van der Waals surface area contributed by atoms with E-state index >= 15 is 0 Å². The van der Waals surface area contributed by atoms with Gasteiger partial charge in [0.25, 0.3) is 0 Å². The Hall–Kier alpha value is -2.14. The lowest BCUT2D eigenvalue weighted by Gasteiger charge is -2.30. The van der Waals surface area contributed by atoms with Crippen LogP contribution in [0.1, 0.15) is 38.2 Å². The summed E-state index contributed by atoms with van der Waals surface area (Å²) in [6.07, 6.45) is 6.52. The average Bonchev–Trinajstić information content (AvgIpc) is 2.69. The lowest BCUT2D eigenvalue weighted by molar-refractivity contribution is -0.136. The predicted octanol–water partition coefficient (Wildman–Crippen LogP) is 2.29. The van der Waals surface area contributed by atoms with E-state index in [-0.39, 0.29) is 11.8 Å². The molecule has 1 aromatic carbocycles. The number of piperidine rings is 1. The third-order valence-electron chi connectivity index (χ3n) is 5.16. The summed E-state index contributed by atoms with van der Waals surface area (Å²) in [5, 5.41) is 2.89. The van der Waals surface area contributed by atoms with Gasteiger partial charge in [0.2, 0.25) is 11.8 Å². The number of amides is 2. The summed E-state index contributed by atoms with van der Waals surface area (Å²) in [5.74, 6) is -0.0289. The molecule has 1 saturated heterocycles. The summed E-state index contributed by atoms with van der Waals surface area (Å²) in [7, 11) is 0. The van der Waals surface area contributed by atoms with Crippen LogP contribution in [0.15, 0.2) is 36.4 Å². The van der Waals surface area contributed by atoms with Crippen LogP contribution in [-0.2, 0) is 9.59 Å². The van der Waals surface area contributed by atoms with Crippen LogP contribution in [0.5, 0.6) is 0 Å². The number of carbonyl (C=O) groups excluding carboxylic acids is 2. The van der Waals surface area contributed by atoms with Crippen LogP contribution in [0.4, 0.5) is 0 Å². The maximum absolute atomic E-state index is 12.5. The van der Waals surface area contributed by atoms with Gasteiger partial charge < -0.3 is 10.2 Å². The second-order valence-electron chi connectivity index (χ2n) is 7.27. The Morgan fingerprint density at radius 2 is 1.81 bits per heavy atom. The molecule has 1 unspecified atom stereocenters. The van der Waals surface area contributed by atoms with Gasteiger partial charge in [-0.1, -0.05) is 36.4 Å². The number of hydrogen-bond acceptors (Lipinski definition) is 3. The fourth-order valence-electron chi connectivity index (χ4n) is 3.74. The van der Waals surface area contributed by atoms with Crippen molar-refractivity contribution in [2.24, 2.45) is 0 Å². The molecule has 1 fully saturated rings. The second kappa shape index (κ2) is 8.99. The molecule has 2 amide bonds. The third-order valence-corrected chi connectivity index (χ3v) is 5.16. The molecule has 1 N–H and O–H groups in total. The number of hydrogen-bond donors (Lipinski definition) is 1. The third kappa shape index (κ3) is 4.94. The summed E-state index contributed by atoms with van der Waals surface area (Å²) in [5.41, 5.74) is 2.48. The van der Waals surface area contributed by atoms with Gasteiger partial charge in [0.1, 0.15) is 6.04 Å². The van der Waals surface area contributed by atoms with Crippen LogP contribution in [0.3, 0.4) is 0 Å². The molecule has 26 heavy (non-hydrogen) atoms. The van der Waals surface area contributed by atoms with Gasteiger partial charge in [0, 0.05) is 26.2 Å². The van der Waals surface area contributed by atoms with E-state index in [1.54, 1.807) is 6.92 Å². The van der Waals surface area contributed by atoms with Crippen molar-refractivity contribution in [3.8, 4) is 0 Å². The predicted molar refractivity (Wildman–Crippen MR) is 104 cm³/mol. The molecule has 140 valence electrons. The molecule has 2 aliphatic heterocycles. The Labute approximate surface area is 156 Å². The molecule has 1 aromatic rings. The first kappa shape index (κ1) is 18.6. The molecule has 0 saturated carbocycles. The van der Waals surface area contributed by atoms with Crippen LogP contribution in [0.2, 0.25) is 0 Å². The zero-order chi connectivity index (χ0) is 18.4. The molecule has 2 aliphatic rings. The van der Waals surface area contributed by atoms with Gasteiger partial charge in [-0.3, -0.25) is 14.5 Å². The maximum atomic E-state index is 12.5. The van der Waals surface area contributed by atoms with Crippen molar-refractivity contribution in [3.05, 3.63) is 42.0 Å². The summed E-state index contributed by atoms with van der Waals surface area (Å²) in [6, 6.07) is 9.85. The fourth-order valence-corrected chi connectivity index (χ4v) is 3.74. The van der Waals surface area contributed by atoms with Crippen molar-refractivity contribution in [1.29, 1.82) is 0 Å². The van der Waals surface area contributed by atoms with E-state index < -0.39 is 6.04 Å². The highest BCUT2D eigenvalue weighted by Gasteiger charge is 2.24. The molecule has 5 nitrogen and oxygen atoms in total. The Morgan fingerprint density at radius 3 is 2.54 bits per heavy atom. The second-order valence-corrected chi connectivity index (χ2v) is 7.27. The number of nitrogens with zero attached hydrogens (tertiary/aromatic N) is 2. The van der Waals surface area contributed by atoms with Crippen LogP contribution in [-0.4, -0.2) is 60.4 Å². The monoisotopic (exact) mass is 355 g/mol. The Kier molecular flexibility index (Phi) is 6.45. The molecular weight excluding hydrogens is 326 g/mol. The number of carbonyl (C=O) groups is 2. The van der Waals surface area contributed by atoms with Crippen LogP contribution >= 0.6 is 0 Å². The van der Waals surface area contributed by atoms with Crippen molar-refractivity contribution in [1.82, 2.24) is 15.1 Å². The highest BCUT2D eigenvalue weighted by Crippen LogP contribution is 2.20. The van der Waals surface area contributed by atoms with Crippen LogP contribution < -0.4 is 5.32 Å². The maximum Gasteiger partial charge on any atom is 0.244 e. The first-order valence-corrected chi connectivity index (χ1v) is 9.68. The average molecular weight is 355 g/mol. The van der Waals surface area contributed by atoms with Crippen LogP contribution in [0, 0.1) is 0 Å². The van der Waals surface area contributed by atoms with Crippen molar-refractivity contribution in [3.63, 3.8) is 0 Å². The van der Waals surface area contributed by atoms with Gasteiger partial charge in [-0.25, -0.2) is 0 Å². The van der Waals surface area contributed by atoms with Crippen molar-refractivity contribution >= 4 is 17.4 Å². The molecule has 1 atom stereocenters. The first-order chi connectivity index (χ1) is 12.6. The molecule has 0 bridgehead atoms. The highest BCUT2D eigenvalue weighted by molar-refractivity contribution is 5.88. The number of likely N-dealkylation sites (tertiary alicyclic amines) is 1. The molecule has 0 aliphatic carbocycles. The molecule has 0 radical (unpaired) electrons.